The number of amides is 1. The lowest BCUT2D eigenvalue weighted by atomic mass is 10.1. The minimum atomic E-state index is -0.585. The molecule has 2 heterocycles. The van der Waals surface area contributed by atoms with E-state index in [1.165, 1.54) is 16.1 Å². The number of carbonyl (C=O) groups excluding carboxylic acids is 1. The molecule has 11 heteroatoms. The Balaban J connectivity index is 1.70. The molecule has 30 heavy (non-hydrogen) atoms. The zero-order valence-electron chi connectivity index (χ0n) is 16.9. The lowest BCUT2D eigenvalue weighted by Crippen LogP contribution is -2.27. The zero-order chi connectivity index (χ0) is 21.7. The maximum absolute atomic E-state index is 11.8. The lowest BCUT2D eigenvalue weighted by Gasteiger charge is -2.18. The van der Waals surface area contributed by atoms with Crippen LogP contribution in [0, 0.1) is 4.84 Å². The number of hydrogen-bond donors (Lipinski definition) is 1. The number of benzene rings is 1. The molecule has 3 aromatic rings. The summed E-state index contributed by atoms with van der Waals surface area (Å²) in [5, 5.41) is 9.01. The second-order valence-corrected chi connectivity index (χ2v) is 8.35. The third kappa shape index (κ3) is 5.97. The first-order valence-electron chi connectivity index (χ1n) is 8.96. The van der Waals surface area contributed by atoms with Crippen LogP contribution in [-0.2, 0) is 23.2 Å². The van der Waals surface area contributed by atoms with Crippen molar-refractivity contribution in [2.45, 2.75) is 33.0 Å². The number of thiazole rings is 1. The highest BCUT2D eigenvalue weighted by atomic mass is 32.1. The number of anilines is 1. The molecule has 158 valence electrons. The van der Waals surface area contributed by atoms with E-state index in [0.717, 1.165) is 5.56 Å². The molecule has 1 aromatic carbocycles. The number of nitrogens with zero attached hydrogens (tertiary/aromatic N) is 4. The van der Waals surface area contributed by atoms with Crippen LogP contribution >= 0.6 is 23.6 Å². The van der Waals surface area contributed by atoms with Crippen molar-refractivity contribution in [3.8, 4) is 0 Å². The van der Waals surface area contributed by atoms with Gasteiger partial charge in [0.2, 0.25) is 0 Å². The summed E-state index contributed by atoms with van der Waals surface area (Å²) in [7, 11) is 1.69. The highest BCUT2D eigenvalue weighted by Crippen LogP contribution is 2.18. The third-order valence-corrected chi connectivity index (χ3v) is 4.47. The van der Waals surface area contributed by atoms with Crippen molar-refractivity contribution in [1.82, 2.24) is 14.7 Å². The molecule has 1 amide bonds. The van der Waals surface area contributed by atoms with Crippen molar-refractivity contribution in [2.24, 2.45) is 12.2 Å². The van der Waals surface area contributed by atoms with Crippen LogP contribution in [0.4, 0.5) is 9.93 Å². The second-order valence-electron chi connectivity index (χ2n) is 7.14. The van der Waals surface area contributed by atoms with Gasteiger partial charge in [-0.1, -0.05) is 35.5 Å². The van der Waals surface area contributed by atoms with Crippen LogP contribution in [0.3, 0.4) is 0 Å². The van der Waals surface area contributed by atoms with Gasteiger partial charge >= 0.3 is 10.9 Å². The van der Waals surface area contributed by atoms with Crippen molar-refractivity contribution in [3.05, 3.63) is 57.6 Å². The largest absolute Gasteiger partial charge is 0.444 e. The number of oxime groups is 1. The summed E-state index contributed by atoms with van der Waals surface area (Å²) in [6, 6.07) is 9.43. The standard InChI is InChI=1S/C19H21N5O4S2/c1-19(2,3)27-17(25)22-16-20-13(11-30-16)10-26-23-14(12-8-6-5-7-9-12)15-21-18(29)28-24(15)4/h5-9,11H,10H2,1-4H3,(H,20,22,25)/b23-14-. The summed E-state index contributed by atoms with van der Waals surface area (Å²) in [4.78, 5) is 26.0. The Labute approximate surface area is 182 Å². The topological polar surface area (TPSA) is 104 Å². The number of hydrogen-bond acceptors (Lipinski definition) is 9. The van der Waals surface area contributed by atoms with Crippen LogP contribution in [0.5, 0.6) is 0 Å². The molecule has 0 unspecified atom stereocenters. The zero-order valence-corrected chi connectivity index (χ0v) is 18.5. The third-order valence-electron chi connectivity index (χ3n) is 3.50. The monoisotopic (exact) mass is 447 g/mol. The fraction of sp³-hybridized carbons (Fsp3) is 0.316. The molecule has 0 aliphatic carbocycles. The van der Waals surface area contributed by atoms with Gasteiger partial charge in [0.05, 0.1) is 5.69 Å². The van der Waals surface area contributed by atoms with E-state index >= 15 is 0 Å². The number of carbonyl (C=O) groups is 1. The van der Waals surface area contributed by atoms with E-state index < -0.39 is 11.7 Å². The SMILES string of the molecule is Cn1oc(=S)nc1/C(=N\OCc1csc(NC(=O)OC(C)(C)C)n1)c1ccccc1. The van der Waals surface area contributed by atoms with Crippen LogP contribution < -0.4 is 5.32 Å². The van der Waals surface area contributed by atoms with E-state index in [-0.39, 0.29) is 11.4 Å². The van der Waals surface area contributed by atoms with Crippen molar-refractivity contribution in [1.29, 1.82) is 0 Å². The molecule has 0 spiro atoms. The minimum absolute atomic E-state index is 0.102. The predicted molar refractivity (Wildman–Crippen MR) is 115 cm³/mol. The molecule has 1 N–H and O–H groups in total. The Morgan fingerprint density at radius 1 is 1.30 bits per heavy atom. The minimum Gasteiger partial charge on any atom is -0.444 e. The van der Waals surface area contributed by atoms with Gasteiger partial charge in [0, 0.05) is 18.0 Å². The fourth-order valence-corrected chi connectivity index (χ4v) is 3.22. The maximum Gasteiger partial charge on any atom is 0.413 e. The highest BCUT2D eigenvalue weighted by molar-refractivity contribution is 7.71. The first-order valence-corrected chi connectivity index (χ1v) is 10.2. The van der Waals surface area contributed by atoms with E-state index in [9.17, 15) is 4.79 Å². The molecule has 0 fully saturated rings. The Hall–Kier alpha value is -3.05. The van der Waals surface area contributed by atoms with Crippen LogP contribution in [0.2, 0.25) is 0 Å². The Morgan fingerprint density at radius 2 is 2.03 bits per heavy atom. The van der Waals surface area contributed by atoms with Crippen LogP contribution in [-0.4, -0.2) is 32.1 Å². The van der Waals surface area contributed by atoms with E-state index in [1.807, 2.05) is 30.3 Å². The summed E-state index contributed by atoms with van der Waals surface area (Å²) >= 11 is 6.27. The van der Waals surface area contributed by atoms with E-state index in [2.05, 4.69) is 20.4 Å². The number of rotatable bonds is 6. The van der Waals surface area contributed by atoms with Gasteiger partial charge in [-0.15, -0.1) is 11.3 Å². The van der Waals surface area contributed by atoms with Gasteiger partial charge in [0.15, 0.2) is 23.3 Å². The molecule has 0 aliphatic rings. The molecule has 0 atom stereocenters. The molecular weight excluding hydrogens is 426 g/mol. The quantitative estimate of drug-likeness (QED) is 0.337. The molecule has 0 saturated heterocycles. The van der Waals surface area contributed by atoms with Gasteiger partial charge in [-0.05, 0) is 33.0 Å². The molecule has 9 nitrogen and oxygen atoms in total. The van der Waals surface area contributed by atoms with Crippen molar-refractivity contribution in [3.63, 3.8) is 0 Å². The van der Waals surface area contributed by atoms with Crippen LogP contribution in [0.1, 0.15) is 37.9 Å². The van der Waals surface area contributed by atoms with E-state index in [1.54, 1.807) is 33.2 Å². The summed E-state index contributed by atoms with van der Waals surface area (Å²) in [5.74, 6) is 0.441. The Morgan fingerprint density at radius 3 is 2.67 bits per heavy atom. The Kier molecular flexibility index (Phi) is 6.63. The molecule has 0 radical (unpaired) electrons. The van der Waals surface area contributed by atoms with Gasteiger partial charge in [-0.3, -0.25) is 5.32 Å². The predicted octanol–water partition coefficient (Wildman–Crippen LogP) is 4.52. The number of ether oxygens (including phenoxy) is 1. The summed E-state index contributed by atoms with van der Waals surface area (Å²) in [5.41, 5.74) is 1.29. The highest BCUT2D eigenvalue weighted by Gasteiger charge is 2.18. The van der Waals surface area contributed by atoms with Crippen molar-refractivity contribution < 1.29 is 18.9 Å². The Bertz CT molecular complexity index is 1100. The first-order chi connectivity index (χ1) is 14.2. The number of aromatic nitrogens is 3. The normalized spacial score (nSPS) is 11.9. The van der Waals surface area contributed by atoms with Gasteiger partial charge in [-0.2, -0.15) is 9.72 Å². The smallest absolute Gasteiger partial charge is 0.413 e. The molecule has 0 saturated carbocycles. The van der Waals surface area contributed by atoms with Crippen LogP contribution in [0.15, 0.2) is 45.4 Å². The summed E-state index contributed by atoms with van der Waals surface area (Å²) < 4.78 is 11.9. The second kappa shape index (κ2) is 9.18. The first kappa shape index (κ1) is 21.7. The molecular formula is C19H21N5O4S2. The van der Waals surface area contributed by atoms with Gasteiger partial charge < -0.3 is 14.1 Å². The van der Waals surface area contributed by atoms with E-state index in [4.69, 9.17) is 26.3 Å². The van der Waals surface area contributed by atoms with Gasteiger partial charge in [-0.25, -0.2) is 9.78 Å². The maximum atomic E-state index is 11.8. The summed E-state index contributed by atoms with van der Waals surface area (Å²) in [6.07, 6.45) is -0.563. The lowest BCUT2D eigenvalue weighted by molar-refractivity contribution is 0.0635. The number of aryl methyl sites for hydroxylation is 1. The van der Waals surface area contributed by atoms with Crippen molar-refractivity contribution >= 4 is 40.5 Å². The molecule has 0 aliphatic heterocycles. The van der Waals surface area contributed by atoms with E-state index in [0.29, 0.717) is 22.4 Å². The molecule has 2 aromatic heterocycles. The average molecular weight is 448 g/mol. The van der Waals surface area contributed by atoms with Gasteiger partial charge in [0.1, 0.15) is 5.60 Å². The molecule has 0 bridgehead atoms. The molecule has 3 rings (SSSR count). The fourth-order valence-electron chi connectivity index (χ4n) is 2.34. The average Bonchev–Trinajstić information content (AvgIpc) is 3.23. The van der Waals surface area contributed by atoms with Crippen molar-refractivity contribution in [2.75, 3.05) is 5.32 Å². The van der Waals surface area contributed by atoms with Gasteiger partial charge in [0.25, 0.3) is 0 Å². The summed E-state index contributed by atoms with van der Waals surface area (Å²) in [6.45, 7) is 5.48. The van der Waals surface area contributed by atoms with Crippen LogP contribution in [0.25, 0.3) is 0 Å². The number of nitrogens with one attached hydrogen (secondary N) is 1.